The molecule has 1 aliphatic rings. The number of amides is 1. The highest BCUT2D eigenvalue weighted by molar-refractivity contribution is 7.17. The van der Waals surface area contributed by atoms with Crippen molar-refractivity contribution < 1.29 is 9.53 Å². The van der Waals surface area contributed by atoms with Crippen LogP contribution in [0.5, 0.6) is 5.75 Å². The van der Waals surface area contributed by atoms with E-state index in [1.807, 2.05) is 18.2 Å². The Morgan fingerprint density at radius 3 is 2.77 bits per heavy atom. The van der Waals surface area contributed by atoms with E-state index in [0.29, 0.717) is 27.2 Å². The van der Waals surface area contributed by atoms with Crippen LogP contribution in [0.3, 0.4) is 0 Å². The first-order chi connectivity index (χ1) is 12.6. The number of fused-ring (bicyclic) bond motifs is 3. The molecule has 0 N–H and O–H groups in total. The van der Waals surface area contributed by atoms with Crippen molar-refractivity contribution in [3.63, 3.8) is 0 Å². The number of carbonyl (C=O) groups excluding carboxylic acids is 1. The number of rotatable bonds is 2. The van der Waals surface area contributed by atoms with Gasteiger partial charge in [-0.3, -0.25) is 9.78 Å². The number of para-hydroxylation sites is 1. The molecule has 3 aromatic rings. The van der Waals surface area contributed by atoms with Crippen molar-refractivity contribution in [2.24, 2.45) is 0 Å². The Hall–Kier alpha value is -2.08. The predicted octanol–water partition coefficient (Wildman–Crippen LogP) is 5.33. The Balaban J connectivity index is 1.74. The number of pyridine rings is 1. The van der Waals surface area contributed by atoms with Crippen LogP contribution in [0.1, 0.15) is 15.2 Å². The van der Waals surface area contributed by atoms with Crippen LogP contribution in [-0.4, -0.2) is 24.5 Å². The first-order valence-electron chi connectivity index (χ1n) is 7.99. The van der Waals surface area contributed by atoms with Crippen molar-refractivity contribution in [2.45, 2.75) is 6.42 Å². The van der Waals surface area contributed by atoms with E-state index in [0.717, 1.165) is 28.3 Å². The van der Waals surface area contributed by atoms with Crippen LogP contribution in [0.25, 0.3) is 10.6 Å². The van der Waals surface area contributed by atoms with Gasteiger partial charge in [0.2, 0.25) is 0 Å². The van der Waals surface area contributed by atoms with Gasteiger partial charge in [0.25, 0.3) is 5.91 Å². The Morgan fingerprint density at radius 2 is 2.00 bits per heavy atom. The topological polar surface area (TPSA) is 42.4 Å². The highest BCUT2D eigenvalue weighted by Crippen LogP contribution is 2.40. The van der Waals surface area contributed by atoms with Crippen molar-refractivity contribution in [3.05, 3.63) is 63.1 Å². The molecule has 4 rings (SSSR count). The van der Waals surface area contributed by atoms with E-state index < -0.39 is 0 Å². The minimum absolute atomic E-state index is 0.156. The molecule has 1 amide bonds. The summed E-state index contributed by atoms with van der Waals surface area (Å²) < 4.78 is 5.75. The number of hydrogen-bond donors (Lipinski definition) is 0. The molecule has 0 spiro atoms. The molecule has 0 radical (unpaired) electrons. The van der Waals surface area contributed by atoms with Crippen LogP contribution in [0.2, 0.25) is 10.0 Å². The number of halogens is 2. The lowest BCUT2D eigenvalue weighted by Gasteiger charge is -2.19. The first kappa shape index (κ1) is 17.3. The Bertz CT molecular complexity index is 983. The van der Waals surface area contributed by atoms with Crippen LogP contribution >= 0.6 is 34.5 Å². The molecule has 4 nitrogen and oxygen atoms in total. The van der Waals surface area contributed by atoms with E-state index in [1.165, 1.54) is 16.2 Å². The fourth-order valence-corrected chi connectivity index (χ4v) is 4.78. The zero-order valence-corrected chi connectivity index (χ0v) is 16.2. The average molecular weight is 405 g/mol. The maximum Gasteiger partial charge on any atom is 0.268 e. The van der Waals surface area contributed by atoms with Gasteiger partial charge in [-0.1, -0.05) is 29.3 Å². The van der Waals surface area contributed by atoms with Gasteiger partial charge >= 0.3 is 0 Å². The molecule has 1 aliphatic heterocycles. The average Bonchev–Trinajstić information content (AvgIpc) is 2.97. The molecule has 0 fully saturated rings. The lowest BCUT2D eigenvalue weighted by atomic mass is 10.1. The monoisotopic (exact) mass is 404 g/mol. The summed E-state index contributed by atoms with van der Waals surface area (Å²) in [7, 11) is 1.68. The summed E-state index contributed by atoms with van der Waals surface area (Å²) in [5.41, 5.74) is 2.35. The van der Waals surface area contributed by atoms with E-state index in [9.17, 15) is 4.79 Å². The third kappa shape index (κ3) is 2.96. The van der Waals surface area contributed by atoms with Gasteiger partial charge in [0.1, 0.15) is 11.4 Å². The third-order valence-electron chi connectivity index (χ3n) is 4.21. The highest BCUT2D eigenvalue weighted by Gasteiger charge is 2.25. The smallest absolute Gasteiger partial charge is 0.268 e. The summed E-state index contributed by atoms with van der Waals surface area (Å²) in [5, 5.41) is 0.874. The largest absolute Gasteiger partial charge is 0.491 e. The van der Waals surface area contributed by atoms with Gasteiger partial charge < -0.3 is 9.64 Å². The number of benzene rings is 1. The molecule has 1 aromatic carbocycles. The van der Waals surface area contributed by atoms with Gasteiger partial charge in [-0.15, -0.1) is 11.3 Å². The van der Waals surface area contributed by atoms with Gasteiger partial charge in [-0.25, -0.2) is 0 Å². The van der Waals surface area contributed by atoms with Crippen molar-refractivity contribution in [1.82, 2.24) is 4.98 Å². The maximum atomic E-state index is 13.0. The van der Waals surface area contributed by atoms with Crippen LogP contribution in [0.4, 0.5) is 5.69 Å². The minimum atomic E-state index is -0.156. The lowest BCUT2D eigenvalue weighted by molar-refractivity contribution is 0.0997. The van der Waals surface area contributed by atoms with Crippen molar-refractivity contribution in [1.29, 1.82) is 0 Å². The molecular formula is C19H14Cl2N2O2S. The van der Waals surface area contributed by atoms with E-state index in [2.05, 4.69) is 4.98 Å². The minimum Gasteiger partial charge on any atom is -0.491 e. The summed E-state index contributed by atoms with van der Waals surface area (Å²) in [6.45, 7) is 0.558. The second-order valence-electron chi connectivity index (χ2n) is 5.85. The van der Waals surface area contributed by atoms with Gasteiger partial charge in [0.15, 0.2) is 0 Å². The number of nitrogens with zero attached hydrogens (tertiary/aromatic N) is 2. The summed E-state index contributed by atoms with van der Waals surface area (Å²) in [6.07, 6.45) is 2.46. The molecule has 3 heterocycles. The molecule has 0 unspecified atom stereocenters. The summed E-state index contributed by atoms with van der Waals surface area (Å²) in [5.74, 6) is 0.589. The highest BCUT2D eigenvalue weighted by atomic mass is 35.5. The van der Waals surface area contributed by atoms with E-state index in [-0.39, 0.29) is 5.91 Å². The number of carbonyl (C=O) groups is 1. The van der Waals surface area contributed by atoms with Crippen molar-refractivity contribution >= 4 is 46.1 Å². The standard InChI is InChI=1S/C19H14Cl2N2O2S/c1-23(17-12(20)4-2-5-13(17)21)19(24)15-10-11-7-9-25-14-6-3-8-22-16(14)18(11)26-15/h2-6,8,10H,7,9H2,1H3. The van der Waals surface area contributed by atoms with E-state index in [1.54, 1.807) is 31.4 Å². The fourth-order valence-electron chi connectivity index (χ4n) is 2.95. The normalized spacial score (nSPS) is 12.6. The lowest BCUT2D eigenvalue weighted by Crippen LogP contribution is -2.26. The molecule has 0 bridgehead atoms. The van der Waals surface area contributed by atoms with Crippen LogP contribution < -0.4 is 9.64 Å². The summed E-state index contributed by atoms with van der Waals surface area (Å²) in [4.78, 5) is 20.6. The van der Waals surface area contributed by atoms with Gasteiger partial charge in [-0.05, 0) is 35.9 Å². The van der Waals surface area contributed by atoms with E-state index >= 15 is 0 Å². The van der Waals surface area contributed by atoms with Crippen molar-refractivity contribution in [2.75, 3.05) is 18.6 Å². The van der Waals surface area contributed by atoms with Crippen molar-refractivity contribution in [3.8, 4) is 16.3 Å². The summed E-state index contributed by atoms with van der Waals surface area (Å²) in [6, 6.07) is 10.8. The van der Waals surface area contributed by atoms with Gasteiger partial charge in [-0.2, -0.15) is 0 Å². The van der Waals surface area contributed by atoms with Crippen LogP contribution in [-0.2, 0) is 6.42 Å². The number of aromatic nitrogens is 1. The molecule has 26 heavy (non-hydrogen) atoms. The molecule has 132 valence electrons. The zero-order chi connectivity index (χ0) is 18.3. The maximum absolute atomic E-state index is 13.0. The number of ether oxygens (including phenoxy) is 1. The quantitative estimate of drug-likeness (QED) is 0.579. The Kier molecular flexibility index (Phi) is 4.61. The molecule has 0 aliphatic carbocycles. The zero-order valence-electron chi connectivity index (χ0n) is 13.8. The fraction of sp³-hybridized carbons (Fsp3) is 0.158. The van der Waals surface area contributed by atoms with E-state index in [4.69, 9.17) is 27.9 Å². The Morgan fingerprint density at radius 1 is 1.23 bits per heavy atom. The Labute approximate surface area is 165 Å². The van der Waals surface area contributed by atoms with Crippen LogP contribution in [0, 0.1) is 0 Å². The molecular weight excluding hydrogens is 391 g/mol. The second-order valence-corrected chi connectivity index (χ2v) is 7.71. The molecule has 7 heteroatoms. The first-order valence-corrected chi connectivity index (χ1v) is 9.56. The second kappa shape index (κ2) is 6.91. The molecule has 0 saturated heterocycles. The molecule has 2 aromatic heterocycles. The SMILES string of the molecule is CN(C(=O)c1cc2c(s1)-c1ncccc1OCC2)c1c(Cl)cccc1Cl. The predicted molar refractivity (Wildman–Crippen MR) is 106 cm³/mol. The van der Waals surface area contributed by atoms with Gasteiger partial charge in [0, 0.05) is 19.7 Å². The summed E-state index contributed by atoms with van der Waals surface area (Å²) >= 11 is 13.9. The molecule has 0 saturated carbocycles. The van der Waals surface area contributed by atoms with Crippen LogP contribution in [0.15, 0.2) is 42.6 Å². The number of thiophene rings is 1. The van der Waals surface area contributed by atoms with Gasteiger partial charge in [0.05, 0.1) is 32.1 Å². The number of hydrogen-bond acceptors (Lipinski definition) is 4. The molecule has 0 atom stereocenters. The number of anilines is 1. The third-order valence-corrected chi connectivity index (χ3v) is 5.99.